The van der Waals surface area contributed by atoms with E-state index in [1.165, 1.54) is 11.1 Å². The van der Waals surface area contributed by atoms with Crippen molar-refractivity contribution in [2.75, 3.05) is 0 Å². The van der Waals surface area contributed by atoms with Gasteiger partial charge in [0.2, 0.25) is 0 Å². The SMILES string of the molecule is CC(C)c1cnnc(C(C)C)c1C(C)C. The maximum absolute atomic E-state index is 4.29. The molecule has 0 N–H and O–H groups in total. The van der Waals surface area contributed by atoms with Crippen LogP contribution in [0.4, 0.5) is 0 Å². The van der Waals surface area contributed by atoms with Gasteiger partial charge in [-0.1, -0.05) is 41.5 Å². The lowest BCUT2D eigenvalue weighted by molar-refractivity contribution is 0.695. The number of nitrogens with zero attached hydrogens (tertiary/aromatic N) is 2. The lowest BCUT2D eigenvalue weighted by Crippen LogP contribution is -2.09. The van der Waals surface area contributed by atoms with E-state index in [-0.39, 0.29) is 0 Å². The summed E-state index contributed by atoms with van der Waals surface area (Å²) >= 11 is 0. The monoisotopic (exact) mass is 206 g/mol. The molecule has 0 bridgehead atoms. The summed E-state index contributed by atoms with van der Waals surface area (Å²) < 4.78 is 0. The summed E-state index contributed by atoms with van der Waals surface area (Å²) in [6, 6.07) is 0. The minimum absolute atomic E-state index is 0.452. The molecule has 0 radical (unpaired) electrons. The third-order valence-corrected chi connectivity index (χ3v) is 2.70. The minimum atomic E-state index is 0.452. The van der Waals surface area contributed by atoms with E-state index in [0.717, 1.165) is 5.69 Å². The van der Waals surface area contributed by atoms with E-state index in [1.807, 2.05) is 6.20 Å². The van der Waals surface area contributed by atoms with E-state index in [2.05, 4.69) is 51.7 Å². The fourth-order valence-electron chi connectivity index (χ4n) is 1.94. The van der Waals surface area contributed by atoms with Crippen LogP contribution in [0.3, 0.4) is 0 Å². The molecular weight excluding hydrogens is 184 g/mol. The summed E-state index contributed by atoms with van der Waals surface area (Å²) in [5, 5.41) is 8.41. The predicted molar refractivity (Wildman–Crippen MR) is 64.3 cm³/mol. The van der Waals surface area contributed by atoms with Crippen molar-refractivity contribution in [2.45, 2.75) is 59.3 Å². The highest BCUT2D eigenvalue weighted by atomic mass is 15.1. The fourth-order valence-corrected chi connectivity index (χ4v) is 1.94. The van der Waals surface area contributed by atoms with Gasteiger partial charge in [-0.25, -0.2) is 0 Å². The second-order valence-electron chi connectivity index (χ2n) is 5.06. The molecule has 0 saturated carbocycles. The van der Waals surface area contributed by atoms with Crippen molar-refractivity contribution in [1.82, 2.24) is 10.2 Å². The van der Waals surface area contributed by atoms with Crippen LogP contribution < -0.4 is 0 Å². The van der Waals surface area contributed by atoms with Gasteiger partial charge in [-0.2, -0.15) is 10.2 Å². The van der Waals surface area contributed by atoms with Crippen LogP contribution in [0.5, 0.6) is 0 Å². The largest absolute Gasteiger partial charge is 0.159 e. The maximum atomic E-state index is 4.29. The Bertz CT molecular complexity index is 301. The third kappa shape index (κ3) is 2.55. The number of hydrogen-bond acceptors (Lipinski definition) is 2. The Morgan fingerprint density at radius 1 is 0.867 bits per heavy atom. The first-order chi connectivity index (χ1) is 6.95. The Kier molecular flexibility index (Phi) is 3.83. The molecule has 0 saturated heterocycles. The normalized spacial score (nSPS) is 11.8. The van der Waals surface area contributed by atoms with Crippen LogP contribution in [-0.4, -0.2) is 10.2 Å². The molecule has 84 valence electrons. The molecule has 2 heteroatoms. The second-order valence-corrected chi connectivity index (χ2v) is 5.06. The molecule has 0 spiro atoms. The Hall–Kier alpha value is -0.920. The van der Waals surface area contributed by atoms with E-state index in [9.17, 15) is 0 Å². The molecule has 1 rings (SSSR count). The molecule has 0 fully saturated rings. The van der Waals surface area contributed by atoms with Crippen molar-refractivity contribution in [1.29, 1.82) is 0 Å². The molecule has 0 aliphatic heterocycles. The van der Waals surface area contributed by atoms with Crippen molar-refractivity contribution < 1.29 is 0 Å². The molecule has 0 aliphatic rings. The van der Waals surface area contributed by atoms with E-state index < -0.39 is 0 Å². The van der Waals surface area contributed by atoms with Gasteiger partial charge in [0.1, 0.15) is 0 Å². The maximum Gasteiger partial charge on any atom is 0.0693 e. The van der Waals surface area contributed by atoms with Gasteiger partial charge in [-0.15, -0.1) is 0 Å². The predicted octanol–water partition coefficient (Wildman–Crippen LogP) is 3.85. The van der Waals surface area contributed by atoms with Gasteiger partial charge in [-0.05, 0) is 28.9 Å². The van der Waals surface area contributed by atoms with Crippen LogP contribution in [0.1, 0.15) is 76.1 Å². The van der Waals surface area contributed by atoms with Crippen LogP contribution in [0, 0.1) is 0 Å². The van der Waals surface area contributed by atoms with Crippen molar-refractivity contribution in [2.24, 2.45) is 0 Å². The lowest BCUT2D eigenvalue weighted by Gasteiger charge is -2.19. The standard InChI is InChI=1S/C13H22N2/c1-8(2)11-7-14-15-13(10(5)6)12(11)9(3)4/h7-10H,1-6H3. The summed E-state index contributed by atoms with van der Waals surface area (Å²) in [4.78, 5) is 0. The summed E-state index contributed by atoms with van der Waals surface area (Å²) in [7, 11) is 0. The van der Waals surface area contributed by atoms with Crippen molar-refractivity contribution in [3.8, 4) is 0 Å². The Labute approximate surface area is 93.1 Å². The quantitative estimate of drug-likeness (QED) is 0.750. The van der Waals surface area contributed by atoms with Crippen molar-refractivity contribution in [3.05, 3.63) is 23.0 Å². The molecule has 1 aromatic heterocycles. The number of aromatic nitrogens is 2. The second kappa shape index (κ2) is 4.73. The topological polar surface area (TPSA) is 25.8 Å². The molecule has 0 amide bonds. The van der Waals surface area contributed by atoms with E-state index in [4.69, 9.17) is 0 Å². The summed E-state index contributed by atoms with van der Waals surface area (Å²) in [6.07, 6.45) is 1.92. The highest BCUT2D eigenvalue weighted by Gasteiger charge is 2.17. The highest BCUT2D eigenvalue weighted by Crippen LogP contribution is 2.30. The van der Waals surface area contributed by atoms with Crippen LogP contribution >= 0.6 is 0 Å². The van der Waals surface area contributed by atoms with Gasteiger partial charge >= 0.3 is 0 Å². The zero-order chi connectivity index (χ0) is 11.6. The molecule has 0 aromatic carbocycles. The van der Waals surface area contributed by atoms with Crippen LogP contribution in [0.25, 0.3) is 0 Å². The Balaban J connectivity index is 3.35. The molecule has 15 heavy (non-hydrogen) atoms. The third-order valence-electron chi connectivity index (χ3n) is 2.70. The van der Waals surface area contributed by atoms with Crippen LogP contribution in [0.15, 0.2) is 6.20 Å². The number of hydrogen-bond donors (Lipinski definition) is 0. The first-order valence-corrected chi connectivity index (χ1v) is 5.80. The van der Waals surface area contributed by atoms with Gasteiger partial charge in [-0.3, -0.25) is 0 Å². The first kappa shape index (κ1) is 12.2. The van der Waals surface area contributed by atoms with E-state index in [1.54, 1.807) is 0 Å². The average Bonchev–Trinajstić information content (AvgIpc) is 2.16. The number of rotatable bonds is 3. The van der Waals surface area contributed by atoms with E-state index >= 15 is 0 Å². The molecule has 1 heterocycles. The van der Waals surface area contributed by atoms with Crippen LogP contribution in [0.2, 0.25) is 0 Å². The lowest BCUT2D eigenvalue weighted by atomic mass is 9.88. The fraction of sp³-hybridized carbons (Fsp3) is 0.692. The summed E-state index contributed by atoms with van der Waals surface area (Å²) in [6.45, 7) is 13.3. The smallest absolute Gasteiger partial charge is 0.0693 e. The van der Waals surface area contributed by atoms with Gasteiger partial charge in [0.25, 0.3) is 0 Å². The molecular formula is C13H22N2. The molecule has 0 unspecified atom stereocenters. The highest BCUT2D eigenvalue weighted by molar-refractivity contribution is 5.34. The summed E-state index contributed by atoms with van der Waals surface area (Å²) in [5.41, 5.74) is 3.91. The van der Waals surface area contributed by atoms with Gasteiger partial charge in [0.05, 0.1) is 11.9 Å². The molecule has 0 atom stereocenters. The minimum Gasteiger partial charge on any atom is -0.159 e. The molecule has 1 aromatic rings. The summed E-state index contributed by atoms with van der Waals surface area (Å²) in [5.74, 6) is 1.50. The zero-order valence-electron chi connectivity index (χ0n) is 10.7. The average molecular weight is 206 g/mol. The molecule has 2 nitrogen and oxygen atoms in total. The molecule has 0 aliphatic carbocycles. The van der Waals surface area contributed by atoms with Gasteiger partial charge < -0.3 is 0 Å². The van der Waals surface area contributed by atoms with Crippen molar-refractivity contribution >= 4 is 0 Å². The Morgan fingerprint density at radius 3 is 1.87 bits per heavy atom. The van der Waals surface area contributed by atoms with Gasteiger partial charge in [0.15, 0.2) is 0 Å². The first-order valence-electron chi connectivity index (χ1n) is 5.80. The van der Waals surface area contributed by atoms with Crippen molar-refractivity contribution in [3.63, 3.8) is 0 Å². The van der Waals surface area contributed by atoms with E-state index in [0.29, 0.717) is 17.8 Å². The Morgan fingerprint density at radius 2 is 1.47 bits per heavy atom. The van der Waals surface area contributed by atoms with Crippen LogP contribution in [-0.2, 0) is 0 Å². The zero-order valence-corrected chi connectivity index (χ0v) is 10.7. The van der Waals surface area contributed by atoms with Gasteiger partial charge in [0, 0.05) is 0 Å².